The van der Waals surface area contributed by atoms with Crippen molar-refractivity contribution < 1.29 is 4.74 Å². The van der Waals surface area contributed by atoms with Crippen molar-refractivity contribution in [1.29, 1.82) is 0 Å². The molecule has 1 N–H and O–H groups in total. The third-order valence-electron chi connectivity index (χ3n) is 5.53. The van der Waals surface area contributed by atoms with Crippen LogP contribution < -0.4 is 10.3 Å². The molecule has 2 aromatic heterocycles. The van der Waals surface area contributed by atoms with E-state index in [0.717, 1.165) is 11.1 Å². The minimum atomic E-state index is -0.154. The van der Waals surface area contributed by atoms with Crippen LogP contribution in [0.1, 0.15) is 11.1 Å². The van der Waals surface area contributed by atoms with Crippen LogP contribution in [0.4, 0.5) is 0 Å². The molecule has 0 saturated carbocycles. The number of H-pyrrole nitrogens is 1. The molecular formula is C27H23N3O2S. The zero-order valence-corrected chi connectivity index (χ0v) is 19.2. The molecule has 2 heterocycles. The van der Waals surface area contributed by atoms with Crippen LogP contribution in [0.15, 0.2) is 95.0 Å². The van der Waals surface area contributed by atoms with Gasteiger partial charge in [-0.2, -0.15) is 0 Å². The summed E-state index contributed by atoms with van der Waals surface area (Å²) in [5, 5.41) is 0.621. The Morgan fingerprint density at radius 2 is 1.79 bits per heavy atom. The van der Waals surface area contributed by atoms with E-state index >= 15 is 0 Å². The number of aromatic amines is 1. The van der Waals surface area contributed by atoms with Crippen LogP contribution in [0.25, 0.3) is 27.8 Å². The van der Waals surface area contributed by atoms with Gasteiger partial charge in [0.25, 0.3) is 5.56 Å². The van der Waals surface area contributed by atoms with Crippen molar-refractivity contribution in [1.82, 2.24) is 14.5 Å². The lowest BCUT2D eigenvalue weighted by Crippen LogP contribution is -2.22. The third-order valence-corrected chi connectivity index (χ3v) is 6.54. The zero-order valence-electron chi connectivity index (χ0n) is 18.4. The van der Waals surface area contributed by atoms with Crippen molar-refractivity contribution in [2.24, 2.45) is 0 Å². The van der Waals surface area contributed by atoms with E-state index in [9.17, 15) is 4.79 Å². The Kier molecular flexibility index (Phi) is 5.75. The number of aromatic nitrogens is 3. The lowest BCUT2D eigenvalue weighted by molar-refractivity contribution is 0.411. The molecule has 0 fully saturated rings. The van der Waals surface area contributed by atoms with Crippen LogP contribution in [0.2, 0.25) is 0 Å². The SMILES string of the molecule is COc1ccccc1-n1c(SCc2cccc(C)c2)nc2c(-c3ccccc3)c[nH]c2c1=O. The minimum absolute atomic E-state index is 0.154. The number of rotatable bonds is 6. The Morgan fingerprint density at radius 3 is 2.58 bits per heavy atom. The number of ether oxygens (including phenoxy) is 1. The number of hydrogen-bond acceptors (Lipinski definition) is 4. The minimum Gasteiger partial charge on any atom is -0.495 e. The van der Waals surface area contributed by atoms with E-state index in [1.807, 2.05) is 60.8 Å². The Labute approximate surface area is 196 Å². The van der Waals surface area contributed by atoms with Gasteiger partial charge < -0.3 is 9.72 Å². The summed E-state index contributed by atoms with van der Waals surface area (Å²) < 4.78 is 7.21. The summed E-state index contributed by atoms with van der Waals surface area (Å²) in [6.45, 7) is 2.08. The van der Waals surface area contributed by atoms with E-state index in [-0.39, 0.29) is 5.56 Å². The van der Waals surface area contributed by atoms with Crippen LogP contribution in [-0.4, -0.2) is 21.6 Å². The molecule has 0 aliphatic heterocycles. The van der Waals surface area contributed by atoms with Crippen LogP contribution >= 0.6 is 11.8 Å². The first-order valence-electron chi connectivity index (χ1n) is 10.7. The van der Waals surface area contributed by atoms with Crippen LogP contribution in [-0.2, 0) is 5.75 Å². The molecule has 6 heteroatoms. The maximum Gasteiger partial charge on any atom is 0.283 e. The van der Waals surface area contributed by atoms with Gasteiger partial charge in [-0.15, -0.1) is 0 Å². The normalized spacial score (nSPS) is 11.1. The first kappa shape index (κ1) is 21.1. The maximum absolute atomic E-state index is 13.8. The summed E-state index contributed by atoms with van der Waals surface area (Å²) in [6.07, 6.45) is 1.86. The monoisotopic (exact) mass is 453 g/mol. The van der Waals surface area contributed by atoms with E-state index < -0.39 is 0 Å². The number of nitrogens with zero attached hydrogens (tertiary/aromatic N) is 2. The second-order valence-corrected chi connectivity index (χ2v) is 8.72. The van der Waals surface area contributed by atoms with Gasteiger partial charge in [-0.1, -0.05) is 84.1 Å². The number of aryl methyl sites for hydroxylation is 1. The molecule has 3 aromatic carbocycles. The van der Waals surface area contributed by atoms with Crippen molar-refractivity contribution in [3.8, 4) is 22.6 Å². The van der Waals surface area contributed by atoms with Gasteiger partial charge in [-0.25, -0.2) is 9.55 Å². The summed E-state index contributed by atoms with van der Waals surface area (Å²) in [5.74, 6) is 1.31. The van der Waals surface area contributed by atoms with Gasteiger partial charge in [-0.3, -0.25) is 4.79 Å². The fourth-order valence-corrected chi connectivity index (χ4v) is 4.89. The Bertz CT molecular complexity index is 1490. The van der Waals surface area contributed by atoms with E-state index in [1.54, 1.807) is 23.4 Å². The summed E-state index contributed by atoms with van der Waals surface area (Å²) in [5.41, 5.74) is 5.96. The topological polar surface area (TPSA) is 59.9 Å². The Balaban J connectivity index is 1.71. The number of hydrogen-bond donors (Lipinski definition) is 1. The van der Waals surface area contributed by atoms with Gasteiger partial charge >= 0.3 is 0 Å². The van der Waals surface area contributed by atoms with Crippen LogP contribution in [0.3, 0.4) is 0 Å². The Morgan fingerprint density at radius 1 is 1.00 bits per heavy atom. The van der Waals surface area contributed by atoms with Crippen molar-refractivity contribution >= 4 is 22.8 Å². The predicted octanol–water partition coefficient (Wildman–Crippen LogP) is 5.99. The number of nitrogens with one attached hydrogen (secondary N) is 1. The van der Waals surface area contributed by atoms with Crippen molar-refractivity contribution in [2.45, 2.75) is 17.8 Å². The molecular weight excluding hydrogens is 430 g/mol. The van der Waals surface area contributed by atoms with Crippen molar-refractivity contribution in [3.05, 3.63) is 107 Å². The van der Waals surface area contributed by atoms with E-state index in [0.29, 0.717) is 33.4 Å². The van der Waals surface area contributed by atoms with Gasteiger partial charge in [0.15, 0.2) is 5.16 Å². The molecule has 0 saturated heterocycles. The quantitative estimate of drug-likeness (QED) is 0.253. The molecule has 0 unspecified atom stereocenters. The van der Waals surface area contributed by atoms with Crippen LogP contribution in [0, 0.1) is 6.92 Å². The highest BCUT2D eigenvalue weighted by atomic mass is 32.2. The predicted molar refractivity (Wildman–Crippen MR) is 134 cm³/mol. The first-order chi connectivity index (χ1) is 16.2. The number of para-hydroxylation sites is 2. The first-order valence-corrected chi connectivity index (χ1v) is 11.7. The van der Waals surface area contributed by atoms with Crippen LogP contribution in [0.5, 0.6) is 5.75 Å². The Hall–Kier alpha value is -3.77. The standard InChI is InChI=1S/C27H23N3O2S/c1-18-9-8-10-19(15-18)17-33-27-29-24-21(20-11-4-3-5-12-20)16-28-25(24)26(31)30(27)22-13-6-7-14-23(22)32-2/h3-16,28H,17H2,1-2H3. The summed E-state index contributed by atoms with van der Waals surface area (Å²) in [4.78, 5) is 21.9. The highest BCUT2D eigenvalue weighted by Gasteiger charge is 2.19. The number of thioether (sulfide) groups is 1. The molecule has 0 aliphatic carbocycles. The second kappa shape index (κ2) is 9.00. The zero-order chi connectivity index (χ0) is 22.8. The second-order valence-electron chi connectivity index (χ2n) is 7.78. The molecule has 5 nitrogen and oxygen atoms in total. The lowest BCUT2D eigenvalue weighted by atomic mass is 10.1. The fourth-order valence-electron chi connectivity index (χ4n) is 3.95. The fraction of sp³-hybridized carbons (Fsp3) is 0.111. The highest BCUT2D eigenvalue weighted by molar-refractivity contribution is 7.98. The largest absolute Gasteiger partial charge is 0.495 e. The van der Waals surface area contributed by atoms with E-state index in [4.69, 9.17) is 9.72 Å². The molecule has 0 bridgehead atoms. The van der Waals surface area contributed by atoms with Crippen molar-refractivity contribution in [2.75, 3.05) is 7.11 Å². The number of methoxy groups -OCH3 is 1. The third kappa shape index (κ3) is 4.05. The molecule has 5 rings (SSSR count). The number of fused-ring (bicyclic) bond motifs is 1. The van der Waals surface area contributed by atoms with E-state index in [2.05, 4.69) is 36.2 Å². The number of benzene rings is 3. The van der Waals surface area contributed by atoms with Gasteiger partial charge in [-0.05, 0) is 30.2 Å². The van der Waals surface area contributed by atoms with Gasteiger partial charge in [0.05, 0.1) is 12.8 Å². The molecule has 0 atom stereocenters. The maximum atomic E-state index is 13.8. The summed E-state index contributed by atoms with van der Waals surface area (Å²) in [7, 11) is 1.61. The average Bonchev–Trinajstić information content (AvgIpc) is 3.28. The summed E-state index contributed by atoms with van der Waals surface area (Å²) in [6, 6.07) is 25.9. The molecule has 0 aliphatic rings. The molecule has 0 spiro atoms. The smallest absolute Gasteiger partial charge is 0.283 e. The van der Waals surface area contributed by atoms with Gasteiger partial charge in [0, 0.05) is 17.5 Å². The van der Waals surface area contributed by atoms with E-state index in [1.165, 1.54) is 11.1 Å². The molecule has 164 valence electrons. The highest BCUT2D eigenvalue weighted by Crippen LogP contribution is 2.32. The molecule has 0 radical (unpaired) electrons. The summed E-state index contributed by atoms with van der Waals surface area (Å²) >= 11 is 1.54. The molecule has 5 aromatic rings. The van der Waals surface area contributed by atoms with Gasteiger partial charge in [0.2, 0.25) is 0 Å². The molecule has 33 heavy (non-hydrogen) atoms. The van der Waals surface area contributed by atoms with Crippen molar-refractivity contribution in [3.63, 3.8) is 0 Å². The molecule has 0 amide bonds. The van der Waals surface area contributed by atoms with Gasteiger partial charge in [0.1, 0.15) is 16.8 Å². The lowest BCUT2D eigenvalue weighted by Gasteiger charge is -2.15. The average molecular weight is 454 g/mol.